The minimum Gasteiger partial charge on any atom is -0.355 e. The van der Waals surface area contributed by atoms with Gasteiger partial charge in [0.25, 0.3) is 0 Å². The Bertz CT molecular complexity index is 454. The number of hydrogen-bond donors (Lipinski definition) is 2. The van der Waals surface area contributed by atoms with Gasteiger partial charge < -0.3 is 10.6 Å². The van der Waals surface area contributed by atoms with Crippen LogP contribution in [0.3, 0.4) is 0 Å². The third-order valence-corrected chi connectivity index (χ3v) is 4.03. The Morgan fingerprint density at radius 1 is 1.32 bits per heavy atom. The van der Waals surface area contributed by atoms with Crippen molar-refractivity contribution in [3.05, 3.63) is 35.4 Å². The molecule has 1 aromatic carbocycles. The molecule has 3 nitrogen and oxygen atoms in total. The van der Waals surface area contributed by atoms with Gasteiger partial charge in [-0.3, -0.25) is 4.79 Å². The predicted molar refractivity (Wildman–Crippen MR) is 78.0 cm³/mol. The molecule has 0 radical (unpaired) electrons. The molecule has 2 rings (SSSR count). The summed E-state index contributed by atoms with van der Waals surface area (Å²) in [6.07, 6.45) is 2.36. The van der Waals surface area contributed by atoms with Gasteiger partial charge in [-0.25, -0.2) is 0 Å². The first-order valence-corrected chi connectivity index (χ1v) is 7.06. The van der Waals surface area contributed by atoms with E-state index < -0.39 is 0 Å². The normalized spacial score (nSPS) is 20.7. The minimum absolute atomic E-state index is 0.0325. The lowest BCUT2D eigenvalue weighted by Crippen LogP contribution is -2.41. The zero-order valence-electron chi connectivity index (χ0n) is 12.1. The number of nitrogens with one attached hydrogen (secondary N) is 2. The van der Waals surface area contributed by atoms with E-state index in [1.54, 1.807) is 6.92 Å². The summed E-state index contributed by atoms with van der Waals surface area (Å²) < 4.78 is 0. The van der Waals surface area contributed by atoms with Crippen molar-refractivity contribution >= 4 is 5.91 Å². The number of amides is 1. The molecule has 0 fully saturated rings. The molecule has 0 aromatic heterocycles. The summed E-state index contributed by atoms with van der Waals surface area (Å²) in [4.78, 5) is 10.9. The third-order valence-electron chi connectivity index (χ3n) is 4.03. The van der Waals surface area contributed by atoms with Crippen molar-refractivity contribution < 1.29 is 4.79 Å². The molecule has 0 heterocycles. The third kappa shape index (κ3) is 3.35. The molecule has 104 valence electrons. The summed E-state index contributed by atoms with van der Waals surface area (Å²) in [5.74, 6) is 0.0325. The van der Waals surface area contributed by atoms with Gasteiger partial charge in [-0.1, -0.05) is 38.1 Å². The molecule has 3 heteroatoms. The van der Waals surface area contributed by atoms with E-state index >= 15 is 0 Å². The molecule has 1 atom stereocenters. The van der Waals surface area contributed by atoms with Crippen molar-refractivity contribution in [2.24, 2.45) is 5.41 Å². The van der Waals surface area contributed by atoms with Gasteiger partial charge in [0.2, 0.25) is 5.91 Å². The lowest BCUT2D eigenvalue weighted by atomic mass is 9.70. The van der Waals surface area contributed by atoms with E-state index in [0.29, 0.717) is 12.6 Å². The van der Waals surface area contributed by atoms with Crippen LogP contribution < -0.4 is 10.6 Å². The van der Waals surface area contributed by atoms with Crippen molar-refractivity contribution in [1.82, 2.24) is 10.6 Å². The minimum atomic E-state index is 0.0325. The van der Waals surface area contributed by atoms with Crippen LogP contribution in [0.2, 0.25) is 0 Å². The second-order valence-electron chi connectivity index (χ2n) is 6.06. The standard InChI is InChI=1S/C16H24N2O/c1-12(19)17-10-11-18-15-14-7-5-4-6-13(14)8-9-16(15,2)3/h4-7,15,18H,8-11H2,1-3H3,(H,17,19). The van der Waals surface area contributed by atoms with E-state index in [1.807, 2.05) is 0 Å². The van der Waals surface area contributed by atoms with Gasteiger partial charge in [-0.2, -0.15) is 0 Å². The van der Waals surface area contributed by atoms with Crippen LogP contribution >= 0.6 is 0 Å². The average molecular weight is 260 g/mol. The molecule has 1 aromatic rings. The maximum absolute atomic E-state index is 10.9. The highest BCUT2D eigenvalue weighted by molar-refractivity contribution is 5.72. The average Bonchev–Trinajstić information content (AvgIpc) is 2.36. The molecule has 0 spiro atoms. The fourth-order valence-corrected chi connectivity index (χ4v) is 2.91. The summed E-state index contributed by atoms with van der Waals surface area (Å²) in [5, 5.41) is 6.44. The number of aryl methyl sites for hydroxylation is 1. The van der Waals surface area contributed by atoms with E-state index in [0.717, 1.165) is 13.0 Å². The maximum atomic E-state index is 10.9. The monoisotopic (exact) mass is 260 g/mol. The molecule has 2 N–H and O–H groups in total. The Hall–Kier alpha value is -1.35. The Labute approximate surface area is 115 Å². The van der Waals surface area contributed by atoms with Gasteiger partial charge in [0.1, 0.15) is 0 Å². The van der Waals surface area contributed by atoms with Crippen LogP contribution in [0.25, 0.3) is 0 Å². The van der Waals surface area contributed by atoms with E-state index in [1.165, 1.54) is 17.5 Å². The molecular weight excluding hydrogens is 236 g/mol. The molecule has 0 saturated carbocycles. The van der Waals surface area contributed by atoms with E-state index in [9.17, 15) is 4.79 Å². The van der Waals surface area contributed by atoms with Gasteiger partial charge in [0.05, 0.1) is 0 Å². The fourth-order valence-electron chi connectivity index (χ4n) is 2.91. The molecule has 19 heavy (non-hydrogen) atoms. The number of carbonyl (C=O) groups excluding carboxylic acids is 1. The Morgan fingerprint density at radius 2 is 2.05 bits per heavy atom. The zero-order valence-corrected chi connectivity index (χ0v) is 12.1. The highest BCUT2D eigenvalue weighted by Gasteiger charge is 2.34. The largest absolute Gasteiger partial charge is 0.355 e. The Kier molecular flexibility index (Phi) is 4.25. The molecule has 1 unspecified atom stereocenters. The lowest BCUT2D eigenvalue weighted by Gasteiger charge is -2.40. The first kappa shape index (κ1) is 14.1. The van der Waals surface area contributed by atoms with Crippen molar-refractivity contribution in [3.63, 3.8) is 0 Å². The van der Waals surface area contributed by atoms with Crippen molar-refractivity contribution in [2.45, 2.75) is 39.7 Å². The van der Waals surface area contributed by atoms with E-state index in [2.05, 4.69) is 48.7 Å². The quantitative estimate of drug-likeness (QED) is 0.816. The predicted octanol–water partition coefficient (Wildman–Crippen LogP) is 2.43. The fraction of sp³-hybridized carbons (Fsp3) is 0.562. The molecular formula is C16H24N2O. The van der Waals surface area contributed by atoms with Gasteiger partial charge in [0, 0.05) is 26.1 Å². The molecule has 0 aliphatic heterocycles. The molecule has 1 aliphatic carbocycles. The smallest absolute Gasteiger partial charge is 0.216 e. The Balaban J connectivity index is 2.06. The molecule has 0 bridgehead atoms. The van der Waals surface area contributed by atoms with Crippen LogP contribution in [0, 0.1) is 5.41 Å². The van der Waals surface area contributed by atoms with Crippen LogP contribution in [0.4, 0.5) is 0 Å². The summed E-state index contributed by atoms with van der Waals surface area (Å²) in [7, 11) is 0. The topological polar surface area (TPSA) is 41.1 Å². The number of hydrogen-bond acceptors (Lipinski definition) is 2. The SMILES string of the molecule is CC(=O)NCCNC1c2ccccc2CCC1(C)C. The molecule has 1 amide bonds. The molecule has 1 aliphatic rings. The lowest BCUT2D eigenvalue weighted by molar-refractivity contribution is -0.118. The van der Waals surface area contributed by atoms with Crippen molar-refractivity contribution in [2.75, 3.05) is 13.1 Å². The van der Waals surface area contributed by atoms with E-state index in [-0.39, 0.29) is 11.3 Å². The summed E-state index contributed by atoms with van der Waals surface area (Å²) in [6.45, 7) is 7.68. The van der Waals surface area contributed by atoms with Gasteiger partial charge in [-0.05, 0) is 29.4 Å². The van der Waals surface area contributed by atoms with Crippen LogP contribution in [-0.4, -0.2) is 19.0 Å². The highest BCUT2D eigenvalue weighted by atomic mass is 16.1. The second-order valence-corrected chi connectivity index (χ2v) is 6.06. The van der Waals surface area contributed by atoms with Gasteiger partial charge in [0.15, 0.2) is 0 Å². The van der Waals surface area contributed by atoms with Crippen LogP contribution in [0.15, 0.2) is 24.3 Å². The van der Waals surface area contributed by atoms with Gasteiger partial charge in [-0.15, -0.1) is 0 Å². The summed E-state index contributed by atoms with van der Waals surface area (Å²) in [6, 6.07) is 9.05. The second kappa shape index (κ2) is 5.74. The number of fused-ring (bicyclic) bond motifs is 1. The first-order valence-electron chi connectivity index (χ1n) is 7.06. The number of rotatable bonds is 4. The van der Waals surface area contributed by atoms with Crippen molar-refractivity contribution in [3.8, 4) is 0 Å². The summed E-state index contributed by atoms with van der Waals surface area (Å²) in [5.41, 5.74) is 3.13. The summed E-state index contributed by atoms with van der Waals surface area (Å²) >= 11 is 0. The van der Waals surface area contributed by atoms with Crippen LogP contribution in [0.1, 0.15) is 44.4 Å². The number of carbonyl (C=O) groups is 1. The zero-order chi connectivity index (χ0) is 13.9. The van der Waals surface area contributed by atoms with Crippen LogP contribution in [0.5, 0.6) is 0 Å². The molecule has 0 saturated heterocycles. The highest BCUT2D eigenvalue weighted by Crippen LogP contribution is 2.43. The Morgan fingerprint density at radius 3 is 2.79 bits per heavy atom. The van der Waals surface area contributed by atoms with E-state index in [4.69, 9.17) is 0 Å². The maximum Gasteiger partial charge on any atom is 0.216 e. The first-order chi connectivity index (χ1) is 9.00. The van der Waals surface area contributed by atoms with Crippen LogP contribution in [-0.2, 0) is 11.2 Å². The number of benzene rings is 1. The van der Waals surface area contributed by atoms with Gasteiger partial charge >= 0.3 is 0 Å². The van der Waals surface area contributed by atoms with Crippen molar-refractivity contribution in [1.29, 1.82) is 0 Å².